The van der Waals surface area contributed by atoms with Gasteiger partial charge in [-0.3, -0.25) is 14.8 Å². The molecule has 0 amide bonds. The molecule has 0 unspecified atom stereocenters. The Morgan fingerprint density at radius 2 is 1.88 bits per heavy atom. The van der Waals surface area contributed by atoms with E-state index in [2.05, 4.69) is 9.97 Å². The summed E-state index contributed by atoms with van der Waals surface area (Å²) in [6.45, 7) is 2.38. The Kier molecular flexibility index (Phi) is 5.19. The van der Waals surface area contributed by atoms with Crippen molar-refractivity contribution in [2.45, 2.75) is 37.2 Å². The molecule has 0 bridgehead atoms. The Morgan fingerprint density at radius 3 is 2.50 bits per heavy atom. The van der Waals surface area contributed by atoms with Crippen molar-refractivity contribution in [3.8, 4) is 5.75 Å². The van der Waals surface area contributed by atoms with Gasteiger partial charge in [-0.2, -0.15) is 4.31 Å². The molecule has 26 heavy (non-hydrogen) atoms. The first-order chi connectivity index (χ1) is 12.4. The summed E-state index contributed by atoms with van der Waals surface area (Å²) in [4.78, 5) is 19.9. The fraction of sp³-hybridized carbons (Fsp3) is 0.353. The molecular weight excluding hydrogens is 358 g/mol. The molecular formula is C17H19N3O5S. The van der Waals surface area contributed by atoms with Gasteiger partial charge in [0, 0.05) is 18.8 Å². The lowest BCUT2D eigenvalue weighted by molar-refractivity contribution is -0.141. The van der Waals surface area contributed by atoms with Crippen molar-refractivity contribution in [3.05, 3.63) is 48.0 Å². The molecule has 3 rings (SSSR count). The molecule has 1 N–H and O–H groups in total. The minimum absolute atomic E-state index is 0.0138. The summed E-state index contributed by atoms with van der Waals surface area (Å²) >= 11 is 0. The maximum absolute atomic E-state index is 13.0. The van der Waals surface area contributed by atoms with Crippen LogP contribution < -0.4 is 4.74 Å². The summed E-state index contributed by atoms with van der Waals surface area (Å²) in [6, 6.07) is 4.75. The highest BCUT2D eigenvalue weighted by Crippen LogP contribution is 2.28. The number of carbonyl (C=O) groups is 1. The minimum Gasteiger partial charge on any atom is -0.494 e. The van der Waals surface area contributed by atoms with Crippen molar-refractivity contribution in [2.24, 2.45) is 0 Å². The topological polar surface area (TPSA) is 110 Å². The molecule has 2 aromatic rings. The van der Waals surface area contributed by atoms with Gasteiger partial charge in [-0.1, -0.05) is 6.92 Å². The highest BCUT2D eigenvalue weighted by atomic mass is 32.2. The zero-order chi connectivity index (χ0) is 18.7. The fourth-order valence-corrected chi connectivity index (χ4v) is 4.31. The van der Waals surface area contributed by atoms with Gasteiger partial charge >= 0.3 is 5.97 Å². The van der Waals surface area contributed by atoms with E-state index < -0.39 is 22.0 Å². The van der Waals surface area contributed by atoms with Crippen LogP contribution >= 0.6 is 0 Å². The van der Waals surface area contributed by atoms with Crippen LogP contribution in [0.15, 0.2) is 41.6 Å². The molecule has 0 aliphatic carbocycles. The summed E-state index contributed by atoms with van der Waals surface area (Å²) < 4.78 is 32.4. The first kappa shape index (κ1) is 18.3. The van der Waals surface area contributed by atoms with Crippen molar-refractivity contribution in [2.75, 3.05) is 6.61 Å². The van der Waals surface area contributed by atoms with Crippen LogP contribution in [0.1, 0.15) is 24.7 Å². The van der Waals surface area contributed by atoms with E-state index in [4.69, 9.17) is 4.74 Å². The highest BCUT2D eigenvalue weighted by molar-refractivity contribution is 7.89. The monoisotopic (exact) mass is 377 g/mol. The summed E-state index contributed by atoms with van der Waals surface area (Å²) in [6.07, 6.45) is 3.76. The van der Waals surface area contributed by atoms with E-state index in [0.717, 1.165) is 10.7 Å². The predicted octanol–water partition coefficient (Wildman–Crippen LogP) is 1.47. The lowest BCUT2D eigenvalue weighted by Gasteiger charge is -2.32. The van der Waals surface area contributed by atoms with E-state index in [9.17, 15) is 18.3 Å². The molecule has 2 heterocycles. The first-order valence-electron chi connectivity index (χ1n) is 8.19. The van der Waals surface area contributed by atoms with Gasteiger partial charge < -0.3 is 9.84 Å². The molecule has 1 aromatic heterocycles. The molecule has 1 aliphatic heterocycles. The normalized spacial score (nSPS) is 17.5. The minimum atomic E-state index is -4.01. The van der Waals surface area contributed by atoms with Crippen molar-refractivity contribution in [3.63, 3.8) is 0 Å². The summed E-state index contributed by atoms with van der Waals surface area (Å²) in [5, 5.41) is 9.51. The number of nitrogens with zero attached hydrogens (tertiary/aromatic N) is 3. The quantitative estimate of drug-likeness (QED) is 0.811. The second-order valence-electron chi connectivity index (χ2n) is 5.88. The Labute approximate surface area is 151 Å². The average Bonchev–Trinajstić information content (AvgIpc) is 2.65. The molecule has 1 aromatic carbocycles. The third kappa shape index (κ3) is 3.54. The van der Waals surface area contributed by atoms with Crippen LogP contribution in [0, 0.1) is 0 Å². The fourth-order valence-electron chi connectivity index (χ4n) is 2.77. The molecule has 0 fully saturated rings. The van der Waals surface area contributed by atoms with Gasteiger partial charge in [-0.25, -0.2) is 8.42 Å². The second-order valence-corrected chi connectivity index (χ2v) is 7.77. The molecule has 0 saturated carbocycles. The standard InChI is InChI=1S/C17H19N3O5S/c1-2-9-25-12-3-5-13(6-4-12)26(23,24)20-11-15-14(18-7-8-19-15)10-16(20)17(21)22/h3-8,16H,2,9-11H2,1H3,(H,21,22)/t16-/m1/s1. The van der Waals surface area contributed by atoms with Gasteiger partial charge in [0.2, 0.25) is 10.0 Å². The lowest BCUT2D eigenvalue weighted by Crippen LogP contribution is -2.49. The van der Waals surface area contributed by atoms with E-state index >= 15 is 0 Å². The van der Waals surface area contributed by atoms with Crippen LogP contribution in [0.4, 0.5) is 0 Å². The van der Waals surface area contributed by atoms with E-state index in [0.29, 0.717) is 23.7 Å². The largest absolute Gasteiger partial charge is 0.494 e. The number of benzene rings is 1. The zero-order valence-corrected chi connectivity index (χ0v) is 15.0. The van der Waals surface area contributed by atoms with Gasteiger partial charge in [-0.15, -0.1) is 0 Å². The number of carboxylic acid groups (broad SMARTS) is 1. The van der Waals surface area contributed by atoms with Gasteiger partial charge in [0.05, 0.1) is 29.4 Å². The smallest absolute Gasteiger partial charge is 0.322 e. The number of fused-ring (bicyclic) bond motifs is 1. The highest BCUT2D eigenvalue weighted by Gasteiger charge is 2.40. The van der Waals surface area contributed by atoms with Crippen LogP contribution in [-0.2, 0) is 27.8 Å². The van der Waals surface area contributed by atoms with Crippen LogP contribution in [-0.4, -0.2) is 46.4 Å². The number of hydrogen-bond acceptors (Lipinski definition) is 6. The zero-order valence-electron chi connectivity index (χ0n) is 14.2. The lowest BCUT2D eigenvalue weighted by atomic mass is 10.1. The molecule has 0 radical (unpaired) electrons. The summed E-state index contributed by atoms with van der Waals surface area (Å²) in [5.41, 5.74) is 0.978. The van der Waals surface area contributed by atoms with Crippen molar-refractivity contribution in [1.29, 1.82) is 0 Å². The van der Waals surface area contributed by atoms with E-state index in [1.54, 1.807) is 12.1 Å². The van der Waals surface area contributed by atoms with Crippen molar-refractivity contribution >= 4 is 16.0 Å². The second kappa shape index (κ2) is 7.38. The molecule has 1 atom stereocenters. The third-order valence-electron chi connectivity index (χ3n) is 4.09. The SMILES string of the molecule is CCCOc1ccc(S(=O)(=O)N2Cc3nccnc3C[C@@H]2C(=O)O)cc1. The number of carboxylic acids is 1. The number of rotatable bonds is 6. The number of hydrogen-bond donors (Lipinski definition) is 1. The Balaban J connectivity index is 1.93. The predicted molar refractivity (Wildman–Crippen MR) is 92.1 cm³/mol. The van der Waals surface area contributed by atoms with Gasteiger partial charge in [0.1, 0.15) is 11.8 Å². The molecule has 9 heteroatoms. The number of ether oxygens (including phenoxy) is 1. The summed E-state index contributed by atoms with van der Waals surface area (Å²) in [7, 11) is -4.01. The Bertz CT molecular complexity index is 899. The van der Waals surface area contributed by atoms with Gasteiger partial charge in [0.15, 0.2) is 0 Å². The molecule has 0 spiro atoms. The Hall–Kier alpha value is -2.52. The molecule has 0 saturated heterocycles. The van der Waals surface area contributed by atoms with Gasteiger partial charge in [0.25, 0.3) is 0 Å². The van der Waals surface area contributed by atoms with Crippen LogP contribution in [0.25, 0.3) is 0 Å². The first-order valence-corrected chi connectivity index (χ1v) is 9.63. The number of aliphatic carboxylic acids is 1. The van der Waals surface area contributed by atoms with E-state index in [1.165, 1.54) is 24.5 Å². The maximum atomic E-state index is 13.0. The van der Waals surface area contributed by atoms with Gasteiger partial charge in [-0.05, 0) is 30.7 Å². The molecule has 8 nitrogen and oxygen atoms in total. The third-order valence-corrected chi connectivity index (χ3v) is 5.96. The summed E-state index contributed by atoms with van der Waals surface area (Å²) in [5.74, 6) is -0.650. The Morgan fingerprint density at radius 1 is 1.23 bits per heavy atom. The van der Waals surface area contributed by atoms with Crippen molar-refractivity contribution < 1.29 is 23.1 Å². The average molecular weight is 377 g/mol. The number of aromatic nitrogens is 2. The number of sulfonamides is 1. The van der Waals surface area contributed by atoms with Crippen LogP contribution in [0.5, 0.6) is 5.75 Å². The van der Waals surface area contributed by atoms with E-state index in [1.807, 2.05) is 6.92 Å². The van der Waals surface area contributed by atoms with Crippen LogP contribution in [0.2, 0.25) is 0 Å². The van der Waals surface area contributed by atoms with Crippen LogP contribution in [0.3, 0.4) is 0 Å². The van der Waals surface area contributed by atoms with Crippen molar-refractivity contribution in [1.82, 2.24) is 14.3 Å². The maximum Gasteiger partial charge on any atom is 0.322 e. The van der Waals surface area contributed by atoms with E-state index in [-0.39, 0.29) is 17.9 Å². The molecule has 138 valence electrons. The molecule has 1 aliphatic rings.